The quantitative estimate of drug-likeness (QED) is 0.00891. The van der Waals surface area contributed by atoms with E-state index in [4.69, 9.17) is 26.0 Å². The van der Waals surface area contributed by atoms with Gasteiger partial charge in [-0.05, 0) is 219 Å². The largest absolute Gasteiger partial charge is 0.481 e. The molecule has 1 atom stereocenters. The number of aryl methyl sites for hydroxylation is 3. The third-order valence-corrected chi connectivity index (χ3v) is 24.3. The van der Waals surface area contributed by atoms with Crippen molar-refractivity contribution >= 4 is 116 Å². The molecule has 2 amide bonds. The molecule has 5 aliphatic heterocycles. The molecule has 5 saturated heterocycles. The minimum absolute atomic E-state index is 0. The molecular weight excluding hydrogens is 1850 g/mol. The van der Waals surface area contributed by atoms with Crippen molar-refractivity contribution in [3.05, 3.63) is 162 Å². The number of nitrogens with one attached hydrogen (secondary N) is 5. The molecule has 5 fully saturated rings. The topological polar surface area (TPSA) is 368 Å². The Morgan fingerprint density at radius 1 is 0.440 bits per heavy atom. The van der Waals surface area contributed by atoms with E-state index in [1.165, 1.54) is 31.0 Å². The number of aliphatic carboxylic acids is 1. The number of unbranched alkanes of at least 4 members (excludes halogenated alkanes) is 3. The molecule has 17 rings (SSSR count). The molecule has 0 bridgehead atoms. The number of alkyl halides is 1. The van der Waals surface area contributed by atoms with Crippen LogP contribution in [0.25, 0.3) is 66.9 Å². The number of halogens is 8. The van der Waals surface area contributed by atoms with Crippen LogP contribution in [-0.4, -0.2) is 248 Å². The van der Waals surface area contributed by atoms with E-state index in [0.717, 1.165) is 198 Å². The number of nitrogens with zero attached hydrogens (tertiary/aromatic N) is 21. The highest BCUT2D eigenvalue weighted by molar-refractivity contribution is 5.86. The molecule has 0 radical (unpaired) electrons. The van der Waals surface area contributed by atoms with Gasteiger partial charge in [0.25, 0.3) is 0 Å². The number of hydrogen-bond donors (Lipinski definition) is 7. The van der Waals surface area contributed by atoms with Gasteiger partial charge in [-0.3, -0.25) is 38.7 Å². The second kappa shape index (κ2) is 53.4. The van der Waals surface area contributed by atoms with E-state index in [-0.39, 0.29) is 121 Å². The molecule has 1 unspecified atom stereocenters. The molecule has 762 valence electrons. The van der Waals surface area contributed by atoms with Gasteiger partial charge in [0.15, 0.2) is 41.2 Å². The third kappa shape index (κ3) is 29.8. The average Bonchev–Trinajstić information content (AvgIpc) is 1.62. The Kier molecular flexibility index (Phi) is 41.2. The predicted octanol–water partition coefficient (Wildman–Crippen LogP) is 18.5. The first kappa shape index (κ1) is 109. The van der Waals surface area contributed by atoms with Crippen LogP contribution in [0.5, 0.6) is 0 Å². The summed E-state index contributed by atoms with van der Waals surface area (Å²) in [5.74, 6) is -0.812. The number of carbonyl (C=O) groups excluding carboxylic acids is 2. The van der Waals surface area contributed by atoms with Crippen LogP contribution in [0.1, 0.15) is 183 Å². The molecule has 0 spiro atoms. The fraction of sp³-hybridized carbons (Fsp3) is 0.485. The number of carboxylic acids is 1. The number of piperazine rings is 3. The maximum atomic E-state index is 15.1. The van der Waals surface area contributed by atoms with Crippen LogP contribution in [0.2, 0.25) is 0 Å². The lowest BCUT2D eigenvalue weighted by atomic mass is 10.1. The van der Waals surface area contributed by atoms with E-state index in [1.807, 2.05) is 112 Å². The molecular formula is C99H132ClF7N26O8. The van der Waals surface area contributed by atoms with Crippen LogP contribution in [0.4, 0.5) is 83.1 Å². The molecule has 3 aromatic carbocycles. The number of rotatable bonds is 32. The van der Waals surface area contributed by atoms with E-state index in [1.54, 1.807) is 42.3 Å². The lowest BCUT2D eigenvalue weighted by molar-refractivity contribution is -0.200. The number of carbonyl (C=O) groups is 3. The minimum atomic E-state index is -1.00. The summed E-state index contributed by atoms with van der Waals surface area (Å²) in [7, 11) is -1.00. The number of anilines is 9. The van der Waals surface area contributed by atoms with Gasteiger partial charge in [-0.2, -0.15) is 0 Å². The first-order valence-electron chi connectivity index (χ1n) is 47.7. The predicted molar refractivity (Wildman–Crippen MR) is 536 cm³/mol. The van der Waals surface area contributed by atoms with Crippen molar-refractivity contribution < 1.29 is 71.1 Å². The molecule has 7 N–H and O–H groups in total. The highest BCUT2D eigenvalue weighted by Crippen LogP contribution is 2.36. The monoisotopic (exact) mass is 1980 g/mol. The first-order chi connectivity index (χ1) is 67.1. The van der Waals surface area contributed by atoms with Gasteiger partial charge in [-0.25, -0.2) is 102 Å². The second-order valence-corrected chi connectivity index (χ2v) is 35.1. The molecule has 5 aliphatic rings. The van der Waals surface area contributed by atoms with Crippen LogP contribution < -0.4 is 41.6 Å². The Balaban J connectivity index is 0.000000209. The number of fused-ring (bicyclic) bond motifs is 3. The molecule has 9 aromatic heterocycles. The number of carboxylic acid groups (broad SMARTS) is 1. The summed E-state index contributed by atoms with van der Waals surface area (Å²) in [5.41, 5.74) is 10.5. The molecule has 42 heteroatoms. The van der Waals surface area contributed by atoms with E-state index in [2.05, 4.69) is 111 Å². The highest BCUT2D eigenvalue weighted by Gasteiger charge is 2.28. The summed E-state index contributed by atoms with van der Waals surface area (Å²) >= 11 is 0. The normalized spacial score (nSPS) is 15.2. The Morgan fingerprint density at radius 2 is 0.766 bits per heavy atom. The van der Waals surface area contributed by atoms with Crippen LogP contribution in [0.15, 0.2) is 110 Å². The number of imidazole rings is 3. The van der Waals surface area contributed by atoms with E-state index >= 15 is 4.39 Å². The van der Waals surface area contributed by atoms with Crippen LogP contribution in [0.3, 0.4) is 0 Å². The number of benzene rings is 3. The highest BCUT2D eigenvalue weighted by atomic mass is 35.5. The van der Waals surface area contributed by atoms with Crippen molar-refractivity contribution in [2.75, 3.05) is 156 Å². The number of hydrogen-bond acceptors (Lipinski definition) is 28. The van der Waals surface area contributed by atoms with Gasteiger partial charge in [0.05, 0.1) is 79.3 Å². The van der Waals surface area contributed by atoms with E-state index < -0.39 is 48.0 Å². The molecule has 0 aliphatic carbocycles. The number of ether oxygens (including phenoxy) is 2. The van der Waals surface area contributed by atoms with Gasteiger partial charge in [-0.1, -0.05) is 14.9 Å². The van der Waals surface area contributed by atoms with E-state index in [0.29, 0.717) is 94.0 Å². The van der Waals surface area contributed by atoms with Crippen molar-refractivity contribution in [1.82, 2.24) is 99.2 Å². The molecule has 0 saturated carbocycles. The second-order valence-electron chi connectivity index (χ2n) is 35.1. The minimum Gasteiger partial charge on any atom is -0.481 e. The maximum absolute atomic E-state index is 15.1. The Hall–Kier alpha value is -12.5. The number of hydroxylamine groups is 2. The van der Waals surface area contributed by atoms with Gasteiger partial charge in [-0.15, -0.1) is 12.4 Å². The average molecular weight is 1980 g/mol. The Bertz CT molecular complexity index is 6060. The van der Waals surface area contributed by atoms with Crippen LogP contribution in [-0.2, 0) is 28.7 Å². The zero-order chi connectivity index (χ0) is 98.8. The molecule has 141 heavy (non-hydrogen) atoms. The first-order valence-corrected chi connectivity index (χ1v) is 47.0. The summed E-state index contributed by atoms with van der Waals surface area (Å²) in [4.78, 5) is 105. The standard InChI is InChI=1S/C34H43F2N9O3.C29H35F2N9O2.C29H34F2N8O2.C4H8O.CH3F.2CH4.ClH/c1-22(2)45-23(3)39-33-26(35)18-24(19-28(33)45)32-27(36)21-38-34(41-32)40-29-11-10-25(20-37-29)44-15-13-43(14-16-44)12-6-4-8-30(46)42-48-31-9-5-7-17-47-31;1-18(2)40-19(3)34-28-22(30)14-20(15-24(28)40)27-23(31)17-33-29(36-27)35-25-8-7-21(16-32-25)39-12-10-38(11-13-39)9-5-4-6-26(41)37-42;1-18(2)39-19(3)34-28-22(30)14-20(15-24(28)39)27-23(31)17-33-29(36-27)35-25-8-7-21(16-32-25)38-12-10-37(11-13-38)9-5-4-6-26(40)41;1-2-4-5-3-1;1-2;;;/h10-11,18-22,31H,4-9,12-17H2,1-3H3,(H,42,46)(H,37,38,40,41);7-8,14-18,42H,4-6,9-13H2,1-3H3,(H,37,41)(H,32,33,35,36);7-8,14-18H,4-6,9-13H2,1-3H3,(H,40,41)(H,32,33,35,36);1-4H2;1H3;2*1H4;1H/i;;;;1D;;;. The third-order valence-electron chi connectivity index (χ3n) is 24.3. The lowest BCUT2D eigenvalue weighted by Crippen LogP contribution is -2.46. The summed E-state index contributed by atoms with van der Waals surface area (Å²) < 4.78 is 121. The van der Waals surface area contributed by atoms with Gasteiger partial charge in [0.1, 0.15) is 68.6 Å². The fourth-order valence-corrected chi connectivity index (χ4v) is 17.4. The molecule has 34 nitrogen and oxygen atoms in total. The van der Waals surface area contributed by atoms with Crippen molar-refractivity contribution in [3.63, 3.8) is 0 Å². The SMILES string of the molecule is C.C.C1CCOC1.Cc1nc2c(F)cc(-c3nc(Nc4ccc(N5CCN(CCCCC(=O)NO)CC5)cn4)ncc3F)cc2n1C(C)C.Cc1nc2c(F)cc(-c3nc(Nc4ccc(N5CCN(CCCCC(=O)NOC6CCCCO6)CC5)cn4)ncc3F)cc2n1C(C)C.Cc1nc2c(F)cc(-c3nc(Nc4ccc(N5CCN(CCCCC(=O)O)CC5)cn4)ncc3F)cc2n1C(C)C.Cl.[2H]CF. The lowest BCUT2D eigenvalue weighted by Gasteiger charge is -2.36. The van der Waals surface area contributed by atoms with Gasteiger partial charge < -0.3 is 58.9 Å². The zero-order valence-corrected chi connectivity index (χ0v) is 80.6. The maximum Gasteiger partial charge on any atom is 0.303 e. The van der Waals surface area contributed by atoms with Crippen molar-refractivity contribution in [2.45, 2.75) is 191 Å². The summed E-state index contributed by atoms with van der Waals surface area (Å²) in [6, 6.07) is 20.4. The van der Waals surface area contributed by atoms with Gasteiger partial charge in [0.2, 0.25) is 29.7 Å². The molecule has 12 aromatic rings. The Morgan fingerprint density at radius 3 is 1.05 bits per heavy atom. The zero-order valence-electron chi connectivity index (χ0n) is 80.8. The Labute approximate surface area is 825 Å². The summed E-state index contributed by atoms with van der Waals surface area (Å²) in [6.45, 7) is 33.4. The smallest absolute Gasteiger partial charge is 0.303 e. The number of aromatic nitrogens is 15. The van der Waals surface area contributed by atoms with Crippen LogP contribution in [0, 0.1) is 55.7 Å². The van der Waals surface area contributed by atoms with Crippen molar-refractivity contribution in [2.24, 2.45) is 0 Å². The van der Waals surface area contributed by atoms with Gasteiger partial charge in [0, 0.05) is 159 Å². The van der Waals surface area contributed by atoms with Crippen LogP contribution >= 0.6 is 12.4 Å². The number of amides is 2. The fourth-order valence-electron chi connectivity index (χ4n) is 17.4. The summed E-state index contributed by atoms with van der Waals surface area (Å²) in [6.07, 6.45) is 19.6. The number of pyridine rings is 3. The van der Waals surface area contributed by atoms with Gasteiger partial charge >= 0.3 is 5.97 Å². The summed E-state index contributed by atoms with van der Waals surface area (Å²) in [5, 5.41) is 26.4. The van der Waals surface area contributed by atoms with Crippen molar-refractivity contribution in [3.8, 4) is 33.8 Å². The molecule has 14 heterocycles. The van der Waals surface area contributed by atoms with Crippen molar-refractivity contribution in [1.29, 1.82) is 0 Å². The van der Waals surface area contributed by atoms with E-state index in [9.17, 15) is 40.7 Å².